The number of carbonyl (C=O) groups is 4. The van der Waals surface area contributed by atoms with E-state index in [9.17, 15) is 19.2 Å². The molecule has 1 saturated heterocycles. The maximum absolute atomic E-state index is 13.3. The van der Waals surface area contributed by atoms with Crippen LogP contribution in [0.3, 0.4) is 0 Å². The standard InChI is InChI=1S/C28H22BrClN2O6/c1-3-38-27(35)17-8-10-19(11-9-17)32-26(34)21(25(33)31-28(32)36)12-16-13-23(30)20(24(14-16)37-2)15-18-6-4-5-7-22(18)29/h4-14H,3,15H2,1-2H3,(H,31,33,36)/b21-12+. The lowest BCUT2D eigenvalue weighted by atomic mass is 10.0. The number of nitrogens with one attached hydrogen (secondary N) is 1. The van der Waals surface area contributed by atoms with Crippen LogP contribution in [0.2, 0.25) is 5.02 Å². The molecule has 10 heteroatoms. The van der Waals surface area contributed by atoms with E-state index >= 15 is 0 Å². The summed E-state index contributed by atoms with van der Waals surface area (Å²) < 4.78 is 11.4. The number of amides is 4. The average Bonchev–Trinajstić information content (AvgIpc) is 2.89. The molecule has 1 fully saturated rings. The van der Waals surface area contributed by atoms with Gasteiger partial charge in [0.05, 0.1) is 25.0 Å². The van der Waals surface area contributed by atoms with Crippen LogP contribution in [0.5, 0.6) is 5.75 Å². The van der Waals surface area contributed by atoms with Crippen LogP contribution >= 0.6 is 27.5 Å². The Kier molecular flexibility index (Phi) is 8.29. The molecule has 1 aliphatic rings. The van der Waals surface area contributed by atoms with E-state index in [0.29, 0.717) is 22.8 Å². The normalized spacial score (nSPS) is 14.5. The van der Waals surface area contributed by atoms with Gasteiger partial charge in [-0.3, -0.25) is 14.9 Å². The second-order valence-electron chi connectivity index (χ2n) is 8.18. The van der Waals surface area contributed by atoms with Gasteiger partial charge in [0, 0.05) is 21.5 Å². The van der Waals surface area contributed by atoms with Crippen molar-refractivity contribution in [3.8, 4) is 5.75 Å². The van der Waals surface area contributed by atoms with Gasteiger partial charge in [0.1, 0.15) is 11.3 Å². The van der Waals surface area contributed by atoms with Crippen LogP contribution in [0.15, 0.2) is 70.7 Å². The lowest BCUT2D eigenvalue weighted by Crippen LogP contribution is -2.54. The van der Waals surface area contributed by atoms with Crippen LogP contribution in [-0.2, 0) is 20.7 Å². The fourth-order valence-electron chi connectivity index (χ4n) is 3.92. The number of urea groups is 1. The molecule has 3 aromatic carbocycles. The first-order valence-electron chi connectivity index (χ1n) is 11.5. The third kappa shape index (κ3) is 5.64. The van der Waals surface area contributed by atoms with E-state index < -0.39 is 23.8 Å². The lowest BCUT2D eigenvalue weighted by molar-refractivity contribution is -0.122. The third-order valence-corrected chi connectivity index (χ3v) is 6.88. The lowest BCUT2D eigenvalue weighted by Gasteiger charge is -2.26. The Hall–Kier alpha value is -3.95. The number of nitrogens with zero attached hydrogens (tertiary/aromatic N) is 1. The molecule has 194 valence electrons. The largest absolute Gasteiger partial charge is 0.496 e. The van der Waals surface area contributed by atoms with Gasteiger partial charge < -0.3 is 9.47 Å². The molecule has 4 rings (SSSR count). The van der Waals surface area contributed by atoms with Crippen LogP contribution in [0.4, 0.5) is 10.5 Å². The van der Waals surface area contributed by atoms with E-state index in [4.69, 9.17) is 21.1 Å². The maximum Gasteiger partial charge on any atom is 0.338 e. The highest BCUT2D eigenvalue weighted by Gasteiger charge is 2.37. The van der Waals surface area contributed by atoms with Crippen LogP contribution in [-0.4, -0.2) is 37.5 Å². The molecule has 0 unspecified atom stereocenters. The van der Waals surface area contributed by atoms with E-state index in [2.05, 4.69) is 21.2 Å². The number of methoxy groups -OCH3 is 1. The Morgan fingerprint density at radius 1 is 1.08 bits per heavy atom. The Morgan fingerprint density at radius 3 is 2.45 bits per heavy atom. The molecule has 0 saturated carbocycles. The summed E-state index contributed by atoms with van der Waals surface area (Å²) in [5.41, 5.74) is 2.35. The number of rotatable bonds is 7. The minimum atomic E-state index is -0.902. The number of anilines is 1. The molecule has 0 aliphatic carbocycles. The topological polar surface area (TPSA) is 102 Å². The molecule has 1 N–H and O–H groups in total. The second-order valence-corrected chi connectivity index (χ2v) is 9.44. The summed E-state index contributed by atoms with van der Waals surface area (Å²) in [4.78, 5) is 51.2. The van der Waals surface area contributed by atoms with Gasteiger partial charge in [0.25, 0.3) is 11.8 Å². The minimum Gasteiger partial charge on any atom is -0.496 e. The van der Waals surface area contributed by atoms with E-state index in [1.807, 2.05) is 24.3 Å². The van der Waals surface area contributed by atoms with E-state index in [1.165, 1.54) is 37.5 Å². The molecule has 0 bridgehead atoms. The van der Waals surface area contributed by atoms with Crippen molar-refractivity contribution >= 4 is 63.1 Å². The molecular formula is C28H22BrClN2O6. The smallest absolute Gasteiger partial charge is 0.338 e. The summed E-state index contributed by atoms with van der Waals surface area (Å²) in [6.07, 6.45) is 1.84. The van der Waals surface area contributed by atoms with Crippen molar-refractivity contribution in [1.82, 2.24) is 5.32 Å². The quantitative estimate of drug-likeness (QED) is 0.218. The Morgan fingerprint density at radius 2 is 1.79 bits per heavy atom. The molecule has 38 heavy (non-hydrogen) atoms. The first-order chi connectivity index (χ1) is 18.2. The molecule has 3 aromatic rings. The Labute approximate surface area is 232 Å². The van der Waals surface area contributed by atoms with Gasteiger partial charge in [-0.1, -0.05) is 45.7 Å². The van der Waals surface area contributed by atoms with Gasteiger partial charge in [-0.15, -0.1) is 0 Å². The van der Waals surface area contributed by atoms with Gasteiger partial charge in [-0.2, -0.15) is 0 Å². The monoisotopic (exact) mass is 596 g/mol. The highest BCUT2D eigenvalue weighted by atomic mass is 79.9. The maximum atomic E-state index is 13.3. The van der Waals surface area contributed by atoms with E-state index in [1.54, 1.807) is 19.1 Å². The van der Waals surface area contributed by atoms with Gasteiger partial charge in [0.2, 0.25) is 0 Å². The zero-order valence-electron chi connectivity index (χ0n) is 20.4. The molecule has 8 nitrogen and oxygen atoms in total. The molecular weight excluding hydrogens is 576 g/mol. The van der Waals surface area contributed by atoms with Gasteiger partial charge in [0.15, 0.2) is 0 Å². The van der Waals surface area contributed by atoms with Crippen molar-refractivity contribution in [3.63, 3.8) is 0 Å². The fourth-order valence-corrected chi connectivity index (χ4v) is 4.63. The predicted molar refractivity (Wildman–Crippen MR) is 146 cm³/mol. The van der Waals surface area contributed by atoms with Crippen molar-refractivity contribution < 1.29 is 28.7 Å². The molecule has 0 spiro atoms. The number of barbiturate groups is 1. The molecule has 0 aromatic heterocycles. The zero-order chi connectivity index (χ0) is 27.4. The zero-order valence-corrected chi connectivity index (χ0v) is 22.8. The summed E-state index contributed by atoms with van der Waals surface area (Å²) in [7, 11) is 1.50. The van der Waals surface area contributed by atoms with E-state index in [0.717, 1.165) is 20.5 Å². The third-order valence-electron chi connectivity index (χ3n) is 5.77. The van der Waals surface area contributed by atoms with Crippen LogP contribution < -0.4 is 15.0 Å². The summed E-state index contributed by atoms with van der Waals surface area (Å²) in [6.45, 7) is 1.90. The summed E-state index contributed by atoms with van der Waals surface area (Å²) >= 11 is 10.1. The second kappa shape index (κ2) is 11.6. The Bertz CT molecular complexity index is 1470. The van der Waals surface area contributed by atoms with Crippen LogP contribution in [0.25, 0.3) is 6.08 Å². The van der Waals surface area contributed by atoms with Crippen molar-refractivity contribution in [2.24, 2.45) is 0 Å². The first kappa shape index (κ1) is 27.1. The number of carbonyl (C=O) groups excluding carboxylic acids is 4. The molecule has 1 aliphatic heterocycles. The minimum absolute atomic E-state index is 0.179. The van der Waals surface area contributed by atoms with Crippen molar-refractivity contribution in [2.75, 3.05) is 18.6 Å². The van der Waals surface area contributed by atoms with Gasteiger partial charge >= 0.3 is 12.0 Å². The van der Waals surface area contributed by atoms with E-state index in [-0.39, 0.29) is 23.4 Å². The average molecular weight is 598 g/mol. The number of esters is 1. The fraction of sp³-hybridized carbons (Fsp3) is 0.143. The molecule has 4 amide bonds. The molecule has 1 heterocycles. The number of benzene rings is 3. The number of imide groups is 2. The Balaban J connectivity index is 1.66. The summed E-state index contributed by atoms with van der Waals surface area (Å²) in [5, 5.41) is 2.56. The van der Waals surface area contributed by atoms with Crippen molar-refractivity contribution in [2.45, 2.75) is 13.3 Å². The van der Waals surface area contributed by atoms with Crippen LogP contribution in [0, 0.1) is 0 Å². The number of hydrogen-bond donors (Lipinski definition) is 1. The molecule has 0 atom stereocenters. The number of ether oxygens (including phenoxy) is 2. The number of halogens is 2. The number of hydrogen-bond acceptors (Lipinski definition) is 6. The van der Waals surface area contributed by atoms with Gasteiger partial charge in [-0.25, -0.2) is 14.5 Å². The first-order valence-corrected chi connectivity index (χ1v) is 12.7. The van der Waals surface area contributed by atoms with Crippen molar-refractivity contribution in [1.29, 1.82) is 0 Å². The van der Waals surface area contributed by atoms with Crippen molar-refractivity contribution in [3.05, 3.63) is 98.0 Å². The molecule has 0 radical (unpaired) electrons. The van der Waals surface area contributed by atoms with Crippen LogP contribution in [0.1, 0.15) is 34.0 Å². The highest BCUT2D eigenvalue weighted by Crippen LogP contribution is 2.34. The predicted octanol–water partition coefficient (Wildman–Crippen LogP) is 5.55. The summed E-state index contributed by atoms with van der Waals surface area (Å²) in [5.74, 6) is -1.72. The highest BCUT2D eigenvalue weighted by molar-refractivity contribution is 9.10. The van der Waals surface area contributed by atoms with Gasteiger partial charge in [-0.05, 0) is 66.6 Å². The SMILES string of the molecule is CCOC(=O)c1ccc(N2C(=O)NC(=O)/C(=C\c3cc(Cl)c(Cc4ccccc4Br)c(OC)c3)C2=O)cc1. The summed E-state index contributed by atoms with van der Waals surface area (Å²) in [6, 6.07) is 15.8.